The Morgan fingerprint density at radius 1 is 1.55 bits per heavy atom. The van der Waals surface area contributed by atoms with Gasteiger partial charge < -0.3 is 0 Å². The van der Waals surface area contributed by atoms with E-state index in [9.17, 15) is 8.42 Å². The molecule has 1 aliphatic heterocycles. The molecule has 0 bridgehead atoms. The Labute approximate surface area is 124 Å². The van der Waals surface area contributed by atoms with Crippen molar-refractivity contribution < 1.29 is 8.42 Å². The van der Waals surface area contributed by atoms with E-state index in [1.807, 2.05) is 6.92 Å². The second-order valence-electron chi connectivity index (χ2n) is 5.36. The van der Waals surface area contributed by atoms with Crippen LogP contribution in [0.25, 0.3) is 0 Å². The van der Waals surface area contributed by atoms with E-state index in [1.54, 1.807) is 11.7 Å². The summed E-state index contributed by atoms with van der Waals surface area (Å²) in [5.41, 5.74) is 4.33. The van der Waals surface area contributed by atoms with Gasteiger partial charge in [0.1, 0.15) is 5.15 Å². The molecular formula is C12H21ClN4O2S. The monoisotopic (exact) mass is 320 g/mol. The van der Waals surface area contributed by atoms with Crippen molar-refractivity contribution in [1.29, 1.82) is 0 Å². The zero-order valence-corrected chi connectivity index (χ0v) is 13.3. The first-order chi connectivity index (χ1) is 9.36. The maximum atomic E-state index is 12.2. The number of hydrazine groups is 1. The van der Waals surface area contributed by atoms with Crippen LogP contribution >= 0.6 is 11.6 Å². The molecule has 8 heteroatoms. The molecule has 1 fully saturated rings. The van der Waals surface area contributed by atoms with Crippen molar-refractivity contribution in [2.24, 2.45) is 12.9 Å². The summed E-state index contributed by atoms with van der Waals surface area (Å²) in [5, 5.41) is 4.34. The summed E-state index contributed by atoms with van der Waals surface area (Å²) >= 11 is 6.21. The number of aryl methyl sites for hydroxylation is 2. The number of nitrogens with one attached hydrogen (secondary N) is 1. The molecule has 2 unspecified atom stereocenters. The molecule has 3 N–H and O–H groups in total. The Morgan fingerprint density at radius 2 is 2.25 bits per heavy atom. The van der Waals surface area contributed by atoms with Gasteiger partial charge in [-0.15, -0.1) is 0 Å². The summed E-state index contributed by atoms with van der Waals surface area (Å²) in [7, 11) is -1.32. The number of hydrogen-bond acceptors (Lipinski definition) is 5. The van der Waals surface area contributed by atoms with Gasteiger partial charge in [0.05, 0.1) is 16.7 Å². The van der Waals surface area contributed by atoms with E-state index in [4.69, 9.17) is 17.4 Å². The number of rotatable bonds is 4. The van der Waals surface area contributed by atoms with Gasteiger partial charge in [-0.05, 0) is 26.2 Å². The molecule has 20 heavy (non-hydrogen) atoms. The molecule has 2 atom stereocenters. The van der Waals surface area contributed by atoms with Crippen molar-refractivity contribution in [2.45, 2.75) is 43.9 Å². The molecule has 0 aliphatic carbocycles. The maximum Gasteiger partial charge on any atom is 0.154 e. The van der Waals surface area contributed by atoms with E-state index in [0.29, 0.717) is 18.0 Å². The van der Waals surface area contributed by atoms with Gasteiger partial charge >= 0.3 is 0 Å². The van der Waals surface area contributed by atoms with Crippen LogP contribution in [0.4, 0.5) is 0 Å². The Bertz CT molecular complexity index is 585. The average Bonchev–Trinajstić information content (AvgIpc) is 2.62. The number of nitrogens with two attached hydrogens (primary N) is 1. The fourth-order valence-corrected chi connectivity index (χ4v) is 5.22. The van der Waals surface area contributed by atoms with Crippen LogP contribution in [0.15, 0.2) is 0 Å². The van der Waals surface area contributed by atoms with Gasteiger partial charge in [-0.1, -0.05) is 18.0 Å². The summed E-state index contributed by atoms with van der Waals surface area (Å²) < 4.78 is 26.0. The van der Waals surface area contributed by atoms with E-state index < -0.39 is 15.1 Å². The molecule has 2 heterocycles. The molecule has 0 spiro atoms. The fraction of sp³-hybridized carbons (Fsp3) is 0.750. The normalized spacial score (nSPS) is 23.7. The minimum Gasteiger partial charge on any atom is -0.271 e. The molecule has 0 radical (unpaired) electrons. The minimum atomic E-state index is -3.09. The predicted molar refractivity (Wildman–Crippen MR) is 79.2 cm³/mol. The molecule has 1 saturated heterocycles. The molecule has 6 nitrogen and oxygen atoms in total. The van der Waals surface area contributed by atoms with Crippen molar-refractivity contribution in [3.8, 4) is 0 Å². The highest BCUT2D eigenvalue weighted by Gasteiger charge is 2.36. The summed E-state index contributed by atoms with van der Waals surface area (Å²) in [6.45, 7) is 1.87. The lowest BCUT2D eigenvalue weighted by atomic mass is 10.0. The first kappa shape index (κ1) is 15.8. The molecule has 1 aromatic heterocycles. The summed E-state index contributed by atoms with van der Waals surface area (Å²) in [4.78, 5) is 0. The molecular weight excluding hydrogens is 300 g/mol. The highest BCUT2D eigenvalue weighted by molar-refractivity contribution is 7.92. The van der Waals surface area contributed by atoms with E-state index in [0.717, 1.165) is 24.1 Å². The molecule has 0 saturated carbocycles. The van der Waals surface area contributed by atoms with Gasteiger partial charge in [-0.3, -0.25) is 16.0 Å². The third-order valence-corrected chi connectivity index (χ3v) is 6.80. The average molecular weight is 321 g/mol. The molecule has 0 aromatic carbocycles. The Morgan fingerprint density at radius 3 is 2.75 bits per heavy atom. The van der Waals surface area contributed by atoms with Crippen molar-refractivity contribution >= 4 is 21.4 Å². The van der Waals surface area contributed by atoms with Crippen LogP contribution in [-0.4, -0.2) is 35.2 Å². The topological polar surface area (TPSA) is 90.0 Å². The van der Waals surface area contributed by atoms with Crippen LogP contribution in [0.5, 0.6) is 0 Å². The van der Waals surface area contributed by atoms with Crippen molar-refractivity contribution in [2.75, 3.05) is 5.75 Å². The highest BCUT2D eigenvalue weighted by atomic mass is 35.5. The van der Waals surface area contributed by atoms with E-state index in [1.165, 1.54) is 0 Å². The van der Waals surface area contributed by atoms with Gasteiger partial charge in [0, 0.05) is 18.7 Å². The number of aromatic nitrogens is 2. The molecule has 2 rings (SSSR count). The summed E-state index contributed by atoms with van der Waals surface area (Å²) in [5.74, 6) is 5.84. The quantitative estimate of drug-likeness (QED) is 0.630. The molecule has 1 aromatic rings. The Kier molecular flexibility index (Phi) is 4.73. The summed E-state index contributed by atoms with van der Waals surface area (Å²) in [6.07, 6.45) is 2.78. The van der Waals surface area contributed by atoms with Gasteiger partial charge in [-0.2, -0.15) is 5.10 Å². The second-order valence-corrected chi connectivity index (χ2v) is 8.05. The molecule has 1 aliphatic rings. The fourth-order valence-electron chi connectivity index (χ4n) is 2.85. The lowest BCUT2D eigenvalue weighted by Crippen LogP contribution is -2.50. The third kappa shape index (κ3) is 3.00. The lowest BCUT2D eigenvalue weighted by Gasteiger charge is -2.29. The minimum absolute atomic E-state index is 0.246. The van der Waals surface area contributed by atoms with Crippen LogP contribution in [0, 0.1) is 6.92 Å². The smallest absolute Gasteiger partial charge is 0.154 e. The number of sulfone groups is 1. The van der Waals surface area contributed by atoms with Crippen LogP contribution in [0.1, 0.15) is 30.5 Å². The first-order valence-electron chi connectivity index (χ1n) is 6.72. The van der Waals surface area contributed by atoms with E-state index in [-0.39, 0.29) is 11.8 Å². The van der Waals surface area contributed by atoms with Gasteiger partial charge in [0.25, 0.3) is 0 Å². The second kappa shape index (κ2) is 6.01. The number of halogens is 1. The van der Waals surface area contributed by atoms with Crippen LogP contribution in [-0.2, 0) is 23.3 Å². The van der Waals surface area contributed by atoms with Gasteiger partial charge in [0.15, 0.2) is 9.84 Å². The number of hydrogen-bond donors (Lipinski definition) is 2. The van der Waals surface area contributed by atoms with Crippen LogP contribution in [0.2, 0.25) is 5.15 Å². The van der Waals surface area contributed by atoms with Crippen LogP contribution < -0.4 is 11.3 Å². The SMILES string of the molecule is Cc1nn(C)c(Cl)c1CC(NN)C1CCCCS1(=O)=O. The zero-order valence-electron chi connectivity index (χ0n) is 11.8. The van der Waals surface area contributed by atoms with Crippen LogP contribution in [0.3, 0.4) is 0 Å². The number of nitrogens with zero attached hydrogens (tertiary/aromatic N) is 2. The third-order valence-electron chi connectivity index (χ3n) is 3.99. The standard InChI is InChI=1S/C12H21ClN4O2S/c1-8-9(12(13)17(2)16-8)7-10(15-14)11-5-3-4-6-20(11,18)19/h10-11,15H,3-7,14H2,1-2H3. The Hall–Kier alpha value is -0.630. The van der Waals surface area contributed by atoms with Crippen molar-refractivity contribution in [1.82, 2.24) is 15.2 Å². The van der Waals surface area contributed by atoms with E-state index in [2.05, 4.69) is 10.5 Å². The van der Waals surface area contributed by atoms with Crippen molar-refractivity contribution in [3.63, 3.8) is 0 Å². The van der Waals surface area contributed by atoms with Gasteiger partial charge in [0.2, 0.25) is 0 Å². The maximum absolute atomic E-state index is 12.2. The zero-order chi connectivity index (χ0) is 14.9. The van der Waals surface area contributed by atoms with Crippen molar-refractivity contribution in [3.05, 3.63) is 16.4 Å². The molecule has 114 valence electrons. The van der Waals surface area contributed by atoms with Gasteiger partial charge in [-0.25, -0.2) is 8.42 Å². The van der Waals surface area contributed by atoms with E-state index >= 15 is 0 Å². The first-order valence-corrected chi connectivity index (χ1v) is 8.82. The Balaban J connectivity index is 2.25. The molecule has 0 amide bonds. The highest BCUT2D eigenvalue weighted by Crippen LogP contribution is 2.27. The predicted octanol–water partition coefficient (Wildman–Crippen LogP) is 0.724. The lowest BCUT2D eigenvalue weighted by molar-refractivity contribution is 0.440. The summed E-state index contributed by atoms with van der Waals surface area (Å²) in [6, 6.07) is -0.333. The largest absolute Gasteiger partial charge is 0.271 e.